The van der Waals surface area contributed by atoms with Crippen LogP contribution in [-0.4, -0.2) is 44.4 Å². The normalized spacial score (nSPS) is 12.6. The van der Waals surface area contributed by atoms with Gasteiger partial charge in [-0.2, -0.15) is 0 Å². The van der Waals surface area contributed by atoms with Crippen LogP contribution in [0, 0.1) is 0 Å². The molecular weight excluding hydrogens is 218 g/mol. The van der Waals surface area contributed by atoms with Crippen LogP contribution in [0.5, 0.6) is 11.5 Å². The van der Waals surface area contributed by atoms with E-state index in [4.69, 9.17) is 9.47 Å². The molecule has 0 aliphatic carbocycles. The van der Waals surface area contributed by atoms with Crippen LogP contribution >= 0.6 is 0 Å². The molecule has 0 radical (unpaired) electrons. The second kappa shape index (κ2) is 6.47. The van der Waals surface area contributed by atoms with Crippen LogP contribution in [0.15, 0.2) is 18.2 Å². The fourth-order valence-corrected chi connectivity index (χ4v) is 1.62. The van der Waals surface area contributed by atoms with E-state index in [9.17, 15) is 5.11 Å². The number of rotatable bonds is 6. The molecule has 1 unspecified atom stereocenters. The van der Waals surface area contributed by atoms with Gasteiger partial charge >= 0.3 is 0 Å². The highest BCUT2D eigenvalue weighted by Gasteiger charge is 2.12. The summed E-state index contributed by atoms with van der Waals surface area (Å²) in [5, 5.41) is 9.99. The summed E-state index contributed by atoms with van der Waals surface area (Å²) in [7, 11) is 5.45. The van der Waals surface area contributed by atoms with Crippen LogP contribution in [0.2, 0.25) is 0 Å². The van der Waals surface area contributed by atoms with Gasteiger partial charge < -0.3 is 19.5 Å². The maximum atomic E-state index is 9.99. The molecule has 4 nitrogen and oxygen atoms in total. The number of methoxy groups -OCH3 is 1. The minimum Gasteiger partial charge on any atom is -0.493 e. The Balaban J connectivity index is 2.88. The molecule has 0 fully saturated rings. The Hall–Kier alpha value is -1.26. The van der Waals surface area contributed by atoms with Crippen molar-refractivity contribution in [3.63, 3.8) is 0 Å². The van der Waals surface area contributed by atoms with E-state index in [1.807, 2.05) is 44.1 Å². The van der Waals surface area contributed by atoms with E-state index in [0.29, 0.717) is 24.7 Å². The van der Waals surface area contributed by atoms with E-state index in [-0.39, 0.29) is 0 Å². The lowest BCUT2D eigenvalue weighted by atomic mass is 10.1. The Bertz CT molecular complexity index is 353. The van der Waals surface area contributed by atoms with E-state index in [0.717, 1.165) is 5.56 Å². The number of hydrogen-bond donors (Lipinski definition) is 1. The van der Waals surface area contributed by atoms with Gasteiger partial charge in [0, 0.05) is 6.54 Å². The Morgan fingerprint density at radius 2 is 2.00 bits per heavy atom. The lowest BCUT2D eigenvalue weighted by Crippen LogP contribution is -2.20. The zero-order valence-electron chi connectivity index (χ0n) is 10.9. The van der Waals surface area contributed by atoms with Gasteiger partial charge in [0.1, 0.15) is 0 Å². The number of benzene rings is 1. The van der Waals surface area contributed by atoms with Gasteiger partial charge in [-0.05, 0) is 38.7 Å². The minimum absolute atomic E-state index is 0.519. The van der Waals surface area contributed by atoms with Crippen LogP contribution in [0.25, 0.3) is 0 Å². The highest BCUT2D eigenvalue weighted by molar-refractivity contribution is 5.43. The molecule has 1 atom stereocenters. The maximum Gasteiger partial charge on any atom is 0.161 e. The number of aliphatic hydroxyl groups excluding tert-OH is 1. The second-order valence-corrected chi connectivity index (χ2v) is 4.12. The van der Waals surface area contributed by atoms with Crippen LogP contribution in [-0.2, 0) is 0 Å². The van der Waals surface area contributed by atoms with Crippen molar-refractivity contribution in [2.24, 2.45) is 0 Å². The molecule has 1 aromatic carbocycles. The van der Waals surface area contributed by atoms with Gasteiger partial charge in [0.15, 0.2) is 11.5 Å². The van der Waals surface area contributed by atoms with Crippen molar-refractivity contribution in [3.8, 4) is 11.5 Å². The maximum absolute atomic E-state index is 9.99. The van der Waals surface area contributed by atoms with Crippen LogP contribution in [0.1, 0.15) is 18.6 Å². The summed E-state index contributed by atoms with van der Waals surface area (Å²) < 4.78 is 10.7. The molecule has 0 aromatic heterocycles. The summed E-state index contributed by atoms with van der Waals surface area (Å²) in [5.74, 6) is 1.36. The molecule has 0 aliphatic rings. The largest absolute Gasteiger partial charge is 0.493 e. The highest BCUT2D eigenvalue weighted by atomic mass is 16.5. The van der Waals surface area contributed by atoms with Gasteiger partial charge in [0.2, 0.25) is 0 Å². The quantitative estimate of drug-likeness (QED) is 0.820. The van der Waals surface area contributed by atoms with E-state index in [2.05, 4.69) is 0 Å². The van der Waals surface area contributed by atoms with Crippen molar-refractivity contribution >= 4 is 0 Å². The van der Waals surface area contributed by atoms with Gasteiger partial charge in [-0.1, -0.05) is 6.07 Å². The summed E-state index contributed by atoms with van der Waals surface area (Å²) in [6, 6.07) is 5.51. The molecule has 0 saturated carbocycles. The highest BCUT2D eigenvalue weighted by Crippen LogP contribution is 2.30. The van der Waals surface area contributed by atoms with E-state index >= 15 is 0 Å². The summed E-state index contributed by atoms with van der Waals surface area (Å²) in [5.41, 5.74) is 0.832. The smallest absolute Gasteiger partial charge is 0.161 e. The summed E-state index contributed by atoms with van der Waals surface area (Å²) in [6.07, 6.45) is -0.519. The van der Waals surface area contributed by atoms with Crippen molar-refractivity contribution < 1.29 is 14.6 Å². The van der Waals surface area contributed by atoms with Gasteiger partial charge in [0.25, 0.3) is 0 Å². The molecule has 1 aromatic rings. The fraction of sp³-hybridized carbons (Fsp3) is 0.538. The molecule has 17 heavy (non-hydrogen) atoms. The van der Waals surface area contributed by atoms with Crippen molar-refractivity contribution in [2.45, 2.75) is 13.0 Å². The first-order valence-electron chi connectivity index (χ1n) is 5.72. The number of nitrogens with zero attached hydrogens (tertiary/aromatic N) is 1. The van der Waals surface area contributed by atoms with Crippen LogP contribution in [0.4, 0.5) is 0 Å². The number of ether oxygens (including phenoxy) is 2. The van der Waals surface area contributed by atoms with Gasteiger partial charge in [-0.15, -0.1) is 0 Å². The third-order valence-electron chi connectivity index (χ3n) is 2.41. The average molecular weight is 239 g/mol. The van der Waals surface area contributed by atoms with Crippen molar-refractivity contribution in [3.05, 3.63) is 23.8 Å². The monoisotopic (exact) mass is 239 g/mol. The van der Waals surface area contributed by atoms with E-state index in [1.54, 1.807) is 7.11 Å². The standard InChI is InChI=1S/C13H21NO3/c1-5-17-12-7-6-10(8-13(12)16-4)11(15)9-14(2)3/h6-8,11,15H,5,9H2,1-4H3. The van der Waals surface area contributed by atoms with Crippen molar-refractivity contribution in [2.75, 3.05) is 34.4 Å². The third-order valence-corrected chi connectivity index (χ3v) is 2.41. The van der Waals surface area contributed by atoms with Gasteiger partial charge in [-0.3, -0.25) is 0 Å². The number of likely N-dealkylation sites (N-methyl/N-ethyl adjacent to an activating group) is 1. The molecule has 0 heterocycles. The zero-order valence-corrected chi connectivity index (χ0v) is 10.9. The predicted octanol–water partition coefficient (Wildman–Crippen LogP) is 1.69. The Morgan fingerprint density at radius 3 is 2.53 bits per heavy atom. The Labute approximate surface area is 103 Å². The first kappa shape index (κ1) is 13.8. The molecular formula is C13H21NO3. The summed E-state index contributed by atoms with van der Waals surface area (Å²) in [6.45, 7) is 3.10. The molecule has 0 bridgehead atoms. The second-order valence-electron chi connectivity index (χ2n) is 4.12. The lowest BCUT2D eigenvalue weighted by Gasteiger charge is -2.18. The van der Waals surface area contributed by atoms with Crippen LogP contribution in [0.3, 0.4) is 0 Å². The third kappa shape index (κ3) is 3.91. The van der Waals surface area contributed by atoms with Crippen LogP contribution < -0.4 is 9.47 Å². The topological polar surface area (TPSA) is 41.9 Å². The molecule has 0 saturated heterocycles. The Kier molecular flexibility index (Phi) is 5.25. The zero-order chi connectivity index (χ0) is 12.8. The van der Waals surface area contributed by atoms with Crippen molar-refractivity contribution in [1.82, 2.24) is 4.90 Å². The van der Waals surface area contributed by atoms with Gasteiger partial charge in [-0.25, -0.2) is 0 Å². The van der Waals surface area contributed by atoms with Crippen molar-refractivity contribution in [1.29, 1.82) is 0 Å². The first-order valence-corrected chi connectivity index (χ1v) is 5.72. The SMILES string of the molecule is CCOc1ccc(C(O)CN(C)C)cc1OC. The molecule has 0 spiro atoms. The lowest BCUT2D eigenvalue weighted by molar-refractivity contribution is 0.138. The molecule has 0 aliphatic heterocycles. The molecule has 0 amide bonds. The van der Waals surface area contributed by atoms with Gasteiger partial charge in [0.05, 0.1) is 19.8 Å². The fourth-order valence-electron chi connectivity index (χ4n) is 1.62. The van der Waals surface area contributed by atoms with E-state index < -0.39 is 6.10 Å². The predicted molar refractivity (Wildman–Crippen MR) is 67.7 cm³/mol. The average Bonchev–Trinajstić information content (AvgIpc) is 2.29. The molecule has 96 valence electrons. The molecule has 1 rings (SSSR count). The summed E-state index contributed by atoms with van der Waals surface area (Å²) >= 11 is 0. The number of hydrogen-bond acceptors (Lipinski definition) is 4. The first-order chi connectivity index (χ1) is 8.08. The minimum atomic E-state index is -0.519. The summed E-state index contributed by atoms with van der Waals surface area (Å²) in [4.78, 5) is 1.94. The number of aliphatic hydroxyl groups is 1. The molecule has 1 N–H and O–H groups in total. The Morgan fingerprint density at radius 1 is 1.29 bits per heavy atom. The molecule has 4 heteroatoms. The van der Waals surface area contributed by atoms with E-state index in [1.165, 1.54) is 0 Å².